The molecule has 0 aliphatic carbocycles. The fourth-order valence-corrected chi connectivity index (χ4v) is 3.21. The number of nitrogens with zero attached hydrogens (tertiary/aromatic N) is 1. The summed E-state index contributed by atoms with van der Waals surface area (Å²) >= 11 is 12.0. The van der Waals surface area contributed by atoms with Crippen LogP contribution < -0.4 is 5.73 Å². The average molecular weight is 352 g/mol. The van der Waals surface area contributed by atoms with Gasteiger partial charge in [0.2, 0.25) is 5.91 Å². The molecule has 2 unspecified atom stereocenters. The first kappa shape index (κ1) is 18.6. The van der Waals surface area contributed by atoms with Crippen LogP contribution in [0.15, 0.2) is 18.2 Å². The van der Waals surface area contributed by atoms with Crippen molar-refractivity contribution in [3.05, 3.63) is 33.8 Å². The van der Waals surface area contributed by atoms with Crippen molar-refractivity contribution in [1.82, 2.24) is 4.90 Å². The molecule has 6 heteroatoms. The third-order valence-corrected chi connectivity index (χ3v) is 4.51. The number of likely N-dealkylation sites (tertiary alicyclic amines) is 1. The van der Waals surface area contributed by atoms with Gasteiger partial charge in [0.25, 0.3) is 0 Å². The number of hydrogen-bond donors (Lipinski definition) is 1. The van der Waals surface area contributed by atoms with Crippen molar-refractivity contribution >= 4 is 41.5 Å². The molecule has 1 aliphatic rings. The number of benzene rings is 1. The van der Waals surface area contributed by atoms with Gasteiger partial charge in [0.15, 0.2) is 0 Å². The summed E-state index contributed by atoms with van der Waals surface area (Å²) in [5.41, 5.74) is 6.61. The summed E-state index contributed by atoms with van der Waals surface area (Å²) in [6, 6.07) is 5.39. The van der Waals surface area contributed by atoms with E-state index in [0.29, 0.717) is 28.9 Å². The lowest BCUT2D eigenvalue weighted by Gasteiger charge is -2.38. The van der Waals surface area contributed by atoms with E-state index in [1.54, 1.807) is 12.1 Å². The van der Waals surface area contributed by atoms with Crippen LogP contribution in [-0.2, 0) is 11.2 Å². The molecular weight excluding hydrogens is 331 g/mol. The molecule has 118 valence electrons. The van der Waals surface area contributed by atoms with Crippen LogP contribution in [0.2, 0.25) is 10.0 Å². The Labute approximate surface area is 142 Å². The Balaban J connectivity index is 0.00000220. The number of carbonyl (C=O) groups excluding carboxylic acids is 1. The second-order valence-corrected chi connectivity index (χ2v) is 6.36. The predicted molar refractivity (Wildman–Crippen MR) is 90.4 cm³/mol. The molecule has 1 heterocycles. The minimum atomic E-state index is 0. The van der Waals surface area contributed by atoms with Crippen molar-refractivity contribution in [1.29, 1.82) is 0 Å². The van der Waals surface area contributed by atoms with Crippen LogP contribution in [0.25, 0.3) is 0 Å². The van der Waals surface area contributed by atoms with Crippen LogP contribution >= 0.6 is 35.6 Å². The molecule has 1 aromatic rings. The van der Waals surface area contributed by atoms with E-state index >= 15 is 0 Å². The van der Waals surface area contributed by atoms with Crippen LogP contribution in [-0.4, -0.2) is 29.9 Å². The van der Waals surface area contributed by atoms with Crippen molar-refractivity contribution < 1.29 is 4.79 Å². The highest BCUT2D eigenvalue weighted by molar-refractivity contribution is 6.35. The Morgan fingerprint density at radius 2 is 2.14 bits per heavy atom. The van der Waals surface area contributed by atoms with Gasteiger partial charge in [-0.2, -0.15) is 0 Å². The molecule has 2 rings (SSSR count). The van der Waals surface area contributed by atoms with Crippen molar-refractivity contribution in [3.8, 4) is 0 Å². The molecule has 0 radical (unpaired) electrons. The topological polar surface area (TPSA) is 46.3 Å². The summed E-state index contributed by atoms with van der Waals surface area (Å²) in [5, 5.41) is 1.12. The Morgan fingerprint density at radius 1 is 1.43 bits per heavy atom. The molecular formula is C15H21Cl3N2O. The van der Waals surface area contributed by atoms with E-state index in [4.69, 9.17) is 28.9 Å². The summed E-state index contributed by atoms with van der Waals surface area (Å²) in [5.74, 6) is 0.725. The minimum absolute atomic E-state index is 0. The molecule has 1 aliphatic heterocycles. The van der Waals surface area contributed by atoms with Crippen molar-refractivity contribution in [2.24, 2.45) is 11.7 Å². The van der Waals surface area contributed by atoms with Crippen LogP contribution in [0.5, 0.6) is 0 Å². The van der Waals surface area contributed by atoms with E-state index in [1.807, 2.05) is 11.0 Å². The second-order valence-electron chi connectivity index (χ2n) is 5.52. The standard InChI is InChI=1S/C15H20Cl2N2O.ClH/c1-10-4-5-19(13(6-10)9-18)15(20)7-11-2-3-12(16)8-14(11)17;/h2-3,8,10,13H,4-7,9,18H2,1H3;1H. The van der Waals surface area contributed by atoms with E-state index < -0.39 is 0 Å². The highest BCUT2D eigenvalue weighted by Crippen LogP contribution is 2.25. The highest BCUT2D eigenvalue weighted by atomic mass is 35.5. The summed E-state index contributed by atoms with van der Waals surface area (Å²) in [6.07, 6.45) is 2.33. The van der Waals surface area contributed by atoms with Crippen LogP contribution in [0.4, 0.5) is 0 Å². The number of rotatable bonds is 3. The molecule has 21 heavy (non-hydrogen) atoms. The maximum atomic E-state index is 12.5. The van der Waals surface area contributed by atoms with Crippen LogP contribution in [0.1, 0.15) is 25.3 Å². The van der Waals surface area contributed by atoms with Gasteiger partial charge in [-0.15, -0.1) is 12.4 Å². The fraction of sp³-hybridized carbons (Fsp3) is 0.533. The van der Waals surface area contributed by atoms with Gasteiger partial charge in [-0.1, -0.05) is 36.2 Å². The van der Waals surface area contributed by atoms with Gasteiger partial charge in [-0.05, 0) is 36.5 Å². The second kappa shape index (κ2) is 8.23. The summed E-state index contributed by atoms with van der Waals surface area (Å²) < 4.78 is 0. The van der Waals surface area contributed by atoms with E-state index in [9.17, 15) is 4.79 Å². The molecule has 3 nitrogen and oxygen atoms in total. The number of piperidine rings is 1. The summed E-state index contributed by atoms with van der Waals surface area (Å²) in [4.78, 5) is 14.4. The summed E-state index contributed by atoms with van der Waals surface area (Å²) in [7, 11) is 0. The Bertz CT molecular complexity index is 496. The number of carbonyl (C=O) groups is 1. The zero-order valence-corrected chi connectivity index (χ0v) is 14.3. The highest BCUT2D eigenvalue weighted by Gasteiger charge is 2.28. The number of hydrogen-bond acceptors (Lipinski definition) is 2. The Morgan fingerprint density at radius 3 is 2.76 bits per heavy atom. The molecule has 2 atom stereocenters. The molecule has 0 saturated carbocycles. The molecule has 0 spiro atoms. The zero-order valence-electron chi connectivity index (χ0n) is 12.0. The maximum absolute atomic E-state index is 12.5. The van der Waals surface area contributed by atoms with Gasteiger partial charge >= 0.3 is 0 Å². The predicted octanol–water partition coefficient (Wildman–Crippen LogP) is 3.54. The van der Waals surface area contributed by atoms with E-state index in [1.165, 1.54) is 0 Å². The van der Waals surface area contributed by atoms with Crippen LogP contribution in [0, 0.1) is 5.92 Å². The quantitative estimate of drug-likeness (QED) is 0.905. The minimum Gasteiger partial charge on any atom is -0.338 e. The van der Waals surface area contributed by atoms with Crippen molar-refractivity contribution in [2.45, 2.75) is 32.2 Å². The lowest BCUT2D eigenvalue weighted by molar-refractivity contribution is -0.134. The number of amides is 1. The zero-order chi connectivity index (χ0) is 14.7. The first-order valence-electron chi connectivity index (χ1n) is 6.94. The normalized spacial score (nSPS) is 21.8. The first-order valence-corrected chi connectivity index (χ1v) is 7.70. The molecule has 1 saturated heterocycles. The first-order chi connectivity index (χ1) is 9.51. The SMILES string of the molecule is CC1CCN(C(=O)Cc2ccc(Cl)cc2Cl)C(CN)C1.Cl. The van der Waals surface area contributed by atoms with Gasteiger partial charge in [0.05, 0.1) is 6.42 Å². The summed E-state index contributed by atoms with van der Waals surface area (Å²) in [6.45, 7) is 3.51. The molecule has 0 bridgehead atoms. The molecule has 2 N–H and O–H groups in total. The molecule has 1 amide bonds. The average Bonchev–Trinajstić information content (AvgIpc) is 2.41. The Kier molecular flexibility index (Phi) is 7.28. The number of halogens is 3. The fourth-order valence-electron chi connectivity index (χ4n) is 2.73. The van der Waals surface area contributed by atoms with Gasteiger partial charge in [0, 0.05) is 29.2 Å². The molecule has 1 fully saturated rings. The third-order valence-electron chi connectivity index (χ3n) is 3.93. The third kappa shape index (κ3) is 4.75. The molecule has 0 aromatic heterocycles. The molecule has 1 aromatic carbocycles. The van der Waals surface area contributed by atoms with Crippen LogP contribution in [0.3, 0.4) is 0 Å². The van der Waals surface area contributed by atoms with Gasteiger partial charge in [-0.25, -0.2) is 0 Å². The maximum Gasteiger partial charge on any atom is 0.227 e. The van der Waals surface area contributed by atoms with Crippen molar-refractivity contribution in [2.75, 3.05) is 13.1 Å². The Hall–Kier alpha value is -0.480. The monoisotopic (exact) mass is 350 g/mol. The van der Waals surface area contributed by atoms with Gasteiger partial charge in [-0.3, -0.25) is 4.79 Å². The van der Waals surface area contributed by atoms with Crippen molar-refractivity contribution in [3.63, 3.8) is 0 Å². The van der Waals surface area contributed by atoms with E-state index in [0.717, 1.165) is 24.9 Å². The van der Waals surface area contributed by atoms with Gasteiger partial charge in [0.1, 0.15) is 0 Å². The lowest BCUT2D eigenvalue weighted by atomic mass is 9.92. The number of nitrogens with two attached hydrogens (primary N) is 1. The lowest BCUT2D eigenvalue weighted by Crippen LogP contribution is -2.49. The van der Waals surface area contributed by atoms with E-state index in [-0.39, 0.29) is 24.4 Å². The van der Waals surface area contributed by atoms with E-state index in [2.05, 4.69) is 6.92 Å². The van der Waals surface area contributed by atoms with Gasteiger partial charge < -0.3 is 10.6 Å². The largest absolute Gasteiger partial charge is 0.338 e. The smallest absolute Gasteiger partial charge is 0.227 e.